The average molecular weight is 336 g/mol. The monoisotopic (exact) mass is 336 g/mol. The SMILES string of the molecule is COc1ncccc1CNC(=O)NC[C@H](C)N1C[C@@H](C)O[C@H](C)C1. The van der Waals surface area contributed by atoms with Crippen LogP contribution in [0, 0.1) is 0 Å². The molecule has 1 aromatic rings. The molecule has 1 saturated heterocycles. The summed E-state index contributed by atoms with van der Waals surface area (Å²) >= 11 is 0. The number of nitrogens with zero attached hydrogens (tertiary/aromatic N) is 2. The lowest BCUT2D eigenvalue weighted by Gasteiger charge is -2.38. The Kier molecular flexibility index (Phi) is 6.81. The van der Waals surface area contributed by atoms with Crippen LogP contribution in [0.15, 0.2) is 18.3 Å². The predicted molar refractivity (Wildman–Crippen MR) is 92.1 cm³/mol. The minimum absolute atomic E-state index is 0.192. The summed E-state index contributed by atoms with van der Waals surface area (Å²) in [6.07, 6.45) is 2.11. The summed E-state index contributed by atoms with van der Waals surface area (Å²) in [5.41, 5.74) is 0.846. The zero-order valence-corrected chi connectivity index (χ0v) is 14.9. The molecule has 0 aliphatic carbocycles. The number of hydrogen-bond donors (Lipinski definition) is 2. The van der Waals surface area contributed by atoms with Crippen molar-refractivity contribution >= 4 is 6.03 Å². The third-order valence-corrected chi connectivity index (χ3v) is 4.11. The Morgan fingerprint density at radius 1 is 1.42 bits per heavy atom. The van der Waals surface area contributed by atoms with Crippen molar-refractivity contribution in [2.75, 3.05) is 26.7 Å². The molecule has 0 radical (unpaired) electrons. The van der Waals surface area contributed by atoms with Gasteiger partial charge in [0.25, 0.3) is 0 Å². The Bertz CT molecular complexity index is 530. The van der Waals surface area contributed by atoms with E-state index in [0.29, 0.717) is 19.0 Å². The molecule has 2 rings (SSSR count). The minimum Gasteiger partial charge on any atom is -0.481 e. The van der Waals surface area contributed by atoms with E-state index in [1.807, 2.05) is 12.1 Å². The van der Waals surface area contributed by atoms with E-state index in [4.69, 9.17) is 9.47 Å². The number of carbonyl (C=O) groups excluding carboxylic acids is 1. The number of hydrogen-bond acceptors (Lipinski definition) is 5. The van der Waals surface area contributed by atoms with Gasteiger partial charge in [0, 0.05) is 44.0 Å². The van der Waals surface area contributed by atoms with Crippen molar-refractivity contribution in [3.05, 3.63) is 23.9 Å². The number of nitrogens with one attached hydrogen (secondary N) is 2. The smallest absolute Gasteiger partial charge is 0.315 e. The highest BCUT2D eigenvalue weighted by Gasteiger charge is 2.25. The first-order chi connectivity index (χ1) is 11.5. The van der Waals surface area contributed by atoms with Gasteiger partial charge in [-0.2, -0.15) is 0 Å². The molecule has 1 fully saturated rings. The molecule has 1 aliphatic heterocycles. The Hall–Kier alpha value is -1.86. The fourth-order valence-electron chi connectivity index (χ4n) is 2.93. The molecule has 1 aromatic heterocycles. The molecular formula is C17H28N4O3. The maximum Gasteiger partial charge on any atom is 0.315 e. The standard InChI is InChI=1S/C17H28N4O3/c1-12(21-10-13(2)24-14(3)11-21)8-19-17(22)20-9-15-6-5-7-18-16(15)23-4/h5-7,12-14H,8-11H2,1-4H3,(H2,19,20,22)/t12-,13+,14+/m0/s1. The topological polar surface area (TPSA) is 75.7 Å². The summed E-state index contributed by atoms with van der Waals surface area (Å²) in [4.78, 5) is 18.5. The van der Waals surface area contributed by atoms with Crippen molar-refractivity contribution in [1.82, 2.24) is 20.5 Å². The van der Waals surface area contributed by atoms with Crippen LogP contribution >= 0.6 is 0 Å². The lowest BCUT2D eigenvalue weighted by Crippen LogP contribution is -2.52. The summed E-state index contributed by atoms with van der Waals surface area (Å²) < 4.78 is 10.9. The van der Waals surface area contributed by atoms with Gasteiger partial charge in [0.2, 0.25) is 5.88 Å². The highest BCUT2D eigenvalue weighted by Crippen LogP contribution is 2.14. The Balaban J connectivity index is 1.74. The fraction of sp³-hybridized carbons (Fsp3) is 0.647. The molecule has 0 aromatic carbocycles. The lowest BCUT2D eigenvalue weighted by atomic mass is 10.2. The van der Waals surface area contributed by atoms with Crippen molar-refractivity contribution in [2.45, 2.75) is 45.6 Å². The Morgan fingerprint density at radius 2 is 2.12 bits per heavy atom. The van der Waals surface area contributed by atoms with Crippen LogP contribution in [0.25, 0.3) is 0 Å². The van der Waals surface area contributed by atoms with Gasteiger partial charge in [0.1, 0.15) is 0 Å². The van der Waals surface area contributed by atoms with Gasteiger partial charge in [0.05, 0.1) is 19.3 Å². The second kappa shape index (κ2) is 8.84. The van der Waals surface area contributed by atoms with Gasteiger partial charge in [-0.3, -0.25) is 4.90 Å². The number of amides is 2. The van der Waals surface area contributed by atoms with Gasteiger partial charge in [0.15, 0.2) is 0 Å². The average Bonchev–Trinajstić information content (AvgIpc) is 2.57. The van der Waals surface area contributed by atoms with E-state index in [1.165, 1.54) is 0 Å². The maximum atomic E-state index is 12.0. The quantitative estimate of drug-likeness (QED) is 0.821. The number of ether oxygens (including phenoxy) is 2. The van der Waals surface area contributed by atoms with Crippen LogP contribution in [-0.2, 0) is 11.3 Å². The Labute approximate surface area is 143 Å². The predicted octanol–water partition coefficient (Wildman–Crippen LogP) is 1.39. The number of methoxy groups -OCH3 is 1. The highest BCUT2D eigenvalue weighted by molar-refractivity contribution is 5.73. The van der Waals surface area contributed by atoms with Crippen molar-refractivity contribution in [3.8, 4) is 5.88 Å². The van der Waals surface area contributed by atoms with E-state index < -0.39 is 0 Å². The van der Waals surface area contributed by atoms with Crippen LogP contribution in [0.3, 0.4) is 0 Å². The van der Waals surface area contributed by atoms with E-state index in [9.17, 15) is 4.79 Å². The van der Waals surface area contributed by atoms with Crippen LogP contribution in [0.5, 0.6) is 5.88 Å². The molecule has 24 heavy (non-hydrogen) atoms. The van der Waals surface area contributed by atoms with Crippen LogP contribution in [0.1, 0.15) is 26.3 Å². The number of urea groups is 1. The van der Waals surface area contributed by atoms with Crippen molar-refractivity contribution < 1.29 is 14.3 Å². The number of morpholine rings is 1. The molecule has 0 saturated carbocycles. The molecule has 7 heteroatoms. The van der Waals surface area contributed by atoms with Gasteiger partial charge < -0.3 is 20.1 Å². The lowest BCUT2D eigenvalue weighted by molar-refractivity contribution is -0.0778. The van der Waals surface area contributed by atoms with Crippen LogP contribution in [0.2, 0.25) is 0 Å². The summed E-state index contributed by atoms with van der Waals surface area (Å²) in [6, 6.07) is 3.77. The molecule has 0 unspecified atom stereocenters. The normalized spacial score (nSPS) is 22.7. The molecule has 7 nitrogen and oxygen atoms in total. The van der Waals surface area contributed by atoms with E-state index >= 15 is 0 Å². The van der Waals surface area contributed by atoms with Crippen LogP contribution in [0.4, 0.5) is 4.79 Å². The summed E-state index contributed by atoms with van der Waals surface area (Å²) in [7, 11) is 1.57. The number of carbonyl (C=O) groups is 1. The second-order valence-electron chi connectivity index (χ2n) is 6.30. The summed E-state index contributed by atoms with van der Waals surface area (Å²) in [5.74, 6) is 0.530. The molecule has 2 amide bonds. The van der Waals surface area contributed by atoms with Gasteiger partial charge in [-0.1, -0.05) is 6.07 Å². The van der Waals surface area contributed by atoms with E-state index in [0.717, 1.165) is 18.7 Å². The highest BCUT2D eigenvalue weighted by atomic mass is 16.5. The third kappa shape index (κ3) is 5.35. The molecule has 1 aliphatic rings. The molecule has 2 heterocycles. The van der Waals surface area contributed by atoms with Crippen molar-refractivity contribution in [3.63, 3.8) is 0 Å². The number of aromatic nitrogens is 1. The van der Waals surface area contributed by atoms with Gasteiger partial charge in [-0.05, 0) is 26.8 Å². The first-order valence-electron chi connectivity index (χ1n) is 8.38. The number of pyridine rings is 1. The molecule has 0 spiro atoms. The molecule has 2 N–H and O–H groups in total. The van der Waals surface area contributed by atoms with Crippen LogP contribution < -0.4 is 15.4 Å². The van der Waals surface area contributed by atoms with E-state index in [2.05, 4.69) is 41.3 Å². The fourth-order valence-corrected chi connectivity index (χ4v) is 2.93. The maximum absolute atomic E-state index is 12.0. The first kappa shape index (κ1) is 18.5. The van der Waals surface area contributed by atoms with Gasteiger partial charge in [-0.25, -0.2) is 9.78 Å². The zero-order chi connectivity index (χ0) is 17.5. The molecule has 134 valence electrons. The first-order valence-corrected chi connectivity index (χ1v) is 8.38. The number of rotatable bonds is 6. The molecule has 0 bridgehead atoms. The van der Waals surface area contributed by atoms with Gasteiger partial charge >= 0.3 is 6.03 Å². The van der Waals surface area contributed by atoms with E-state index in [1.54, 1.807) is 13.3 Å². The second-order valence-corrected chi connectivity index (χ2v) is 6.30. The van der Waals surface area contributed by atoms with E-state index in [-0.39, 0.29) is 24.3 Å². The third-order valence-electron chi connectivity index (χ3n) is 4.11. The molecular weight excluding hydrogens is 308 g/mol. The zero-order valence-electron chi connectivity index (χ0n) is 14.9. The Morgan fingerprint density at radius 3 is 2.79 bits per heavy atom. The largest absolute Gasteiger partial charge is 0.481 e. The molecule has 3 atom stereocenters. The summed E-state index contributed by atoms with van der Waals surface area (Å²) in [6.45, 7) is 9.03. The minimum atomic E-state index is -0.192. The summed E-state index contributed by atoms with van der Waals surface area (Å²) in [5, 5.41) is 5.76. The van der Waals surface area contributed by atoms with Crippen LogP contribution in [-0.4, -0.2) is 60.9 Å². The van der Waals surface area contributed by atoms with Crippen molar-refractivity contribution in [2.24, 2.45) is 0 Å². The van der Waals surface area contributed by atoms with Crippen molar-refractivity contribution in [1.29, 1.82) is 0 Å². The van der Waals surface area contributed by atoms with Gasteiger partial charge in [-0.15, -0.1) is 0 Å².